The topological polar surface area (TPSA) is 50.4 Å². The molecule has 4 nitrogen and oxygen atoms in total. The Morgan fingerprint density at radius 2 is 2.09 bits per heavy atom. The van der Waals surface area contributed by atoms with Crippen LogP contribution in [0.4, 0.5) is 5.69 Å². The van der Waals surface area contributed by atoms with Gasteiger partial charge < -0.3 is 15.4 Å². The average Bonchev–Trinajstić information content (AvgIpc) is 3.10. The van der Waals surface area contributed by atoms with E-state index in [0.717, 1.165) is 24.9 Å². The van der Waals surface area contributed by atoms with Crippen LogP contribution in [0, 0.1) is 0 Å². The van der Waals surface area contributed by atoms with Crippen molar-refractivity contribution in [1.29, 1.82) is 0 Å². The number of hydrogen-bond acceptors (Lipinski definition) is 3. The molecule has 1 aliphatic heterocycles. The van der Waals surface area contributed by atoms with Gasteiger partial charge >= 0.3 is 0 Å². The normalized spacial score (nSPS) is 17.0. The second-order valence-corrected chi connectivity index (χ2v) is 5.96. The minimum absolute atomic E-state index is 0.0171. The Kier molecular flexibility index (Phi) is 5.16. The molecule has 0 aliphatic carbocycles. The van der Waals surface area contributed by atoms with Gasteiger partial charge in [-0.1, -0.05) is 41.9 Å². The van der Waals surface area contributed by atoms with E-state index in [0.29, 0.717) is 23.1 Å². The molecule has 1 saturated heterocycles. The fourth-order valence-electron chi connectivity index (χ4n) is 2.57. The van der Waals surface area contributed by atoms with Crippen LogP contribution in [0.1, 0.15) is 18.4 Å². The van der Waals surface area contributed by atoms with Gasteiger partial charge in [0.25, 0.3) is 0 Å². The first-order valence-corrected chi connectivity index (χ1v) is 8.11. The van der Waals surface area contributed by atoms with Gasteiger partial charge in [0.05, 0.1) is 11.1 Å². The SMILES string of the molecule is O=C(Nc1ccc(OCc2ccccc2)c(Cl)c1)C1CCCN1. The van der Waals surface area contributed by atoms with E-state index < -0.39 is 0 Å². The summed E-state index contributed by atoms with van der Waals surface area (Å²) in [4.78, 5) is 12.1. The molecule has 0 spiro atoms. The van der Waals surface area contributed by atoms with Crippen molar-refractivity contribution in [2.24, 2.45) is 0 Å². The quantitative estimate of drug-likeness (QED) is 0.880. The van der Waals surface area contributed by atoms with Crippen molar-refractivity contribution in [1.82, 2.24) is 5.32 Å². The van der Waals surface area contributed by atoms with Crippen LogP contribution in [0.3, 0.4) is 0 Å². The number of carbonyl (C=O) groups is 1. The smallest absolute Gasteiger partial charge is 0.241 e. The number of ether oxygens (including phenoxy) is 1. The van der Waals surface area contributed by atoms with Gasteiger partial charge in [0, 0.05) is 5.69 Å². The number of carbonyl (C=O) groups excluding carboxylic acids is 1. The average molecular weight is 331 g/mol. The van der Waals surface area contributed by atoms with E-state index >= 15 is 0 Å². The lowest BCUT2D eigenvalue weighted by molar-refractivity contribution is -0.117. The van der Waals surface area contributed by atoms with E-state index in [1.54, 1.807) is 18.2 Å². The lowest BCUT2D eigenvalue weighted by atomic mass is 10.2. The third kappa shape index (κ3) is 4.24. The molecule has 2 N–H and O–H groups in total. The zero-order valence-corrected chi connectivity index (χ0v) is 13.5. The van der Waals surface area contributed by atoms with Crippen molar-refractivity contribution < 1.29 is 9.53 Å². The largest absolute Gasteiger partial charge is 0.487 e. The summed E-state index contributed by atoms with van der Waals surface area (Å²) in [6, 6.07) is 15.1. The Morgan fingerprint density at radius 1 is 1.26 bits per heavy atom. The van der Waals surface area contributed by atoms with Crippen molar-refractivity contribution >= 4 is 23.2 Å². The molecule has 0 aromatic heterocycles. The van der Waals surface area contributed by atoms with E-state index in [1.165, 1.54) is 0 Å². The second-order valence-electron chi connectivity index (χ2n) is 5.56. The van der Waals surface area contributed by atoms with Crippen molar-refractivity contribution in [2.75, 3.05) is 11.9 Å². The molecule has 0 bridgehead atoms. The van der Waals surface area contributed by atoms with E-state index in [2.05, 4.69) is 10.6 Å². The highest BCUT2D eigenvalue weighted by atomic mass is 35.5. The van der Waals surface area contributed by atoms with E-state index in [4.69, 9.17) is 16.3 Å². The number of rotatable bonds is 5. The Hall–Kier alpha value is -2.04. The fourth-order valence-corrected chi connectivity index (χ4v) is 2.80. The number of benzene rings is 2. The molecular weight excluding hydrogens is 312 g/mol. The maximum Gasteiger partial charge on any atom is 0.241 e. The molecule has 1 atom stereocenters. The van der Waals surface area contributed by atoms with Crippen LogP contribution >= 0.6 is 11.6 Å². The summed E-state index contributed by atoms with van der Waals surface area (Å²) in [7, 11) is 0. The minimum atomic E-state index is -0.109. The molecule has 1 heterocycles. The van der Waals surface area contributed by atoms with Crippen LogP contribution in [0.2, 0.25) is 5.02 Å². The zero-order chi connectivity index (χ0) is 16.1. The van der Waals surface area contributed by atoms with E-state index in [1.807, 2.05) is 30.3 Å². The maximum atomic E-state index is 12.1. The minimum Gasteiger partial charge on any atom is -0.487 e. The van der Waals surface area contributed by atoms with Gasteiger partial charge in [-0.2, -0.15) is 0 Å². The molecule has 120 valence electrons. The van der Waals surface area contributed by atoms with Gasteiger partial charge in [-0.05, 0) is 43.1 Å². The Bertz CT molecular complexity index is 670. The molecule has 1 fully saturated rings. The highest BCUT2D eigenvalue weighted by Crippen LogP contribution is 2.28. The number of halogens is 1. The molecule has 5 heteroatoms. The zero-order valence-electron chi connectivity index (χ0n) is 12.7. The monoisotopic (exact) mass is 330 g/mol. The molecule has 0 saturated carbocycles. The van der Waals surface area contributed by atoms with Gasteiger partial charge in [-0.25, -0.2) is 0 Å². The van der Waals surface area contributed by atoms with Crippen molar-refractivity contribution in [3.05, 3.63) is 59.1 Å². The predicted octanol–water partition coefficient (Wildman–Crippen LogP) is 3.61. The Balaban J connectivity index is 1.60. The first-order chi connectivity index (χ1) is 11.2. The number of nitrogens with one attached hydrogen (secondary N) is 2. The Morgan fingerprint density at radius 3 is 2.78 bits per heavy atom. The van der Waals surface area contributed by atoms with E-state index in [9.17, 15) is 4.79 Å². The molecule has 2 aromatic rings. The summed E-state index contributed by atoms with van der Waals surface area (Å²) >= 11 is 6.25. The van der Waals surface area contributed by atoms with Gasteiger partial charge in [0.2, 0.25) is 5.91 Å². The third-order valence-electron chi connectivity index (χ3n) is 3.81. The summed E-state index contributed by atoms with van der Waals surface area (Å²) in [5.74, 6) is 0.587. The highest BCUT2D eigenvalue weighted by molar-refractivity contribution is 6.32. The van der Waals surface area contributed by atoms with Gasteiger partial charge in [0.1, 0.15) is 12.4 Å². The van der Waals surface area contributed by atoms with E-state index in [-0.39, 0.29) is 11.9 Å². The van der Waals surface area contributed by atoms with Crippen LogP contribution in [0.25, 0.3) is 0 Å². The van der Waals surface area contributed by atoms with Gasteiger partial charge in [-0.15, -0.1) is 0 Å². The lowest BCUT2D eigenvalue weighted by Crippen LogP contribution is -2.35. The highest BCUT2D eigenvalue weighted by Gasteiger charge is 2.22. The van der Waals surface area contributed by atoms with Crippen LogP contribution in [-0.4, -0.2) is 18.5 Å². The molecule has 3 rings (SSSR count). The Labute approximate surface area is 140 Å². The van der Waals surface area contributed by atoms with Crippen molar-refractivity contribution in [3.8, 4) is 5.75 Å². The number of anilines is 1. The summed E-state index contributed by atoms with van der Waals surface area (Å²) in [6.45, 7) is 1.35. The summed E-state index contributed by atoms with van der Waals surface area (Å²) in [5, 5.41) is 6.54. The van der Waals surface area contributed by atoms with Gasteiger partial charge in [0.15, 0.2) is 0 Å². The molecule has 1 unspecified atom stereocenters. The summed E-state index contributed by atoms with van der Waals surface area (Å²) in [6.07, 6.45) is 1.91. The number of amides is 1. The van der Waals surface area contributed by atoms with Crippen LogP contribution < -0.4 is 15.4 Å². The standard InChI is InChI=1S/C18H19ClN2O2/c19-15-11-14(21-18(22)16-7-4-10-20-16)8-9-17(15)23-12-13-5-2-1-3-6-13/h1-3,5-6,8-9,11,16,20H,4,7,10,12H2,(H,21,22). The predicted molar refractivity (Wildman–Crippen MR) is 91.9 cm³/mol. The summed E-state index contributed by atoms with van der Waals surface area (Å²) < 4.78 is 5.73. The van der Waals surface area contributed by atoms with Crippen LogP contribution in [-0.2, 0) is 11.4 Å². The third-order valence-corrected chi connectivity index (χ3v) is 4.11. The van der Waals surface area contributed by atoms with Crippen LogP contribution in [0.5, 0.6) is 5.75 Å². The molecular formula is C18H19ClN2O2. The van der Waals surface area contributed by atoms with Crippen molar-refractivity contribution in [3.63, 3.8) is 0 Å². The summed E-state index contributed by atoms with van der Waals surface area (Å²) in [5.41, 5.74) is 1.76. The molecule has 1 aliphatic rings. The van der Waals surface area contributed by atoms with Crippen molar-refractivity contribution in [2.45, 2.75) is 25.5 Å². The molecule has 1 amide bonds. The first-order valence-electron chi connectivity index (χ1n) is 7.73. The first kappa shape index (κ1) is 15.8. The second kappa shape index (κ2) is 7.49. The van der Waals surface area contributed by atoms with Crippen LogP contribution in [0.15, 0.2) is 48.5 Å². The lowest BCUT2D eigenvalue weighted by Gasteiger charge is -2.13. The number of hydrogen-bond donors (Lipinski definition) is 2. The molecule has 0 radical (unpaired) electrons. The van der Waals surface area contributed by atoms with Gasteiger partial charge in [-0.3, -0.25) is 4.79 Å². The molecule has 2 aromatic carbocycles. The molecule has 23 heavy (non-hydrogen) atoms. The fraction of sp³-hybridized carbons (Fsp3) is 0.278. The maximum absolute atomic E-state index is 12.1.